The van der Waals surface area contributed by atoms with E-state index in [-0.39, 0.29) is 5.91 Å². The van der Waals surface area contributed by atoms with Gasteiger partial charge in [0.05, 0.1) is 26.4 Å². The summed E-state index contributed by atoms with van der Waals surface area (Å²) in [7, 11) is 0. The van der Waals surface area contributed by atoms with Crippen molar-refractivity contribution < 1.29 is 14.3 Å². The summed E-state index contributed by atoms with van der Waals surface area (Å²) in [6, 6.07) is 10.0. The van der Waals surface area contributed by atoms with Crippen molar-refractivity contribution in [2.75, 3.05) is 50.9 Å². The molecule has 1 N–H and O–H groups in total. The molecule has 3 fully saturated rings. The molecular formula is C23H26N6O3. The second-order valence-electron chi connectivity index (χ2n) is 8.59. The van der Waals surface area contributed by atoms with E-state index in [1.807, 2.05) is 29.2 Å². The summed E-state index contributed by atoms with van der Waals surface area (Å²) < 4.78 is 11.2. The van der Waals surface area contributed by atoms with Gasteiger partial charge >= 0.3 is 0 Å². The maximum atomic E-state index is 12.9. The van der Waals surface area contributed by atoms with E-state index in [0.29, 0.717) is 51.9 Å². The summed E-state index contributed by atoms with van der Waals surface area (Å²) in [6.45, 7) is 4.08. The molecule has 9 nitrogen and oxygen atoms in total. The SMILES string of the molecule is O=C(C1CN(c2ccc3nc(-c4cccc(C5CC5)n4)[nH]c3n2)CCO1)N1CCOCC1. The number of aromatic amines is 1. The smallest absolute Gasteiger partial charge is 0.253 e. The summed E-state index contributed by atoms with van der Waals surface area (Å²) in [5.41, 5.74) is 3.51. The number of nitrogens with zero attached hydrogens (tertiary/aromatic N) is 5. The Morgan fingerprint density at radius 2 is 1.88 bits per heavy atom. The fourth-order valence-corrected chi connectivity index (χ4v) is 4.37. The van der Waals surface area contributed by atoms with Crippen LogP contribution in [0.25, 0.3) is 22.7 Å². The molecule has 5 heterocycles. The number of pyridine rings is 2. The van der Waals surface area contributed by atoms with Crippen LogP contribution in [0.4, 0.5) is 5.82 Å². The first-order valence-corrected chi connectivity index (χ1v) is 11.3. The number of ether oxygens (including phenoxy) is 2. The predicted octanol–water partition coefficient (Wildman–Crippen LogP) is 1.96. The maximum Gasteiger partial charge on any atom is 0.253 e. The van der Waals surface area contributed by atoms with Gasteiger partial charge in [-0.2, -0.15) is 0 Å². The predicted molar refractivity (Wildman–Crippen MR) is 118 cm³/mol. The lowest BCUT2D eigenvalue weighted by atomic mass is 10.2. The lowest BCUT2D eigenvalue weighted by Crippen LogP contribution is -2.53. The zero-order chi connectivity index (χ0) is 21.5. The van der Waals surface area contributed by atoms with Gasteiger partial charge in [-0.3, -0.25) is 4.79 Å². The van der Waals surface area contributed by atoms with Crippen LogP contribution >= 0.6 is 0 Å². The Kier molecular flexibility index (Phi) is 4.99. The molecule has 2 saturated heterocycles. The standard InChI is InChI=1S/C23H26N6O3/c30-23(28-8-11-31-12-9-28)19-14-29(10-13-32-19)20-7-6-18-22(26-20)27-21(25-18)17-3-1-2-16(24-17)15-4-5-15/h1-3,6-7,15,19H,4-5,8-14H2,(H,25,26,27). The van der Waals surface area contributed by atoms with Gasteiger partial charge in [0, 0.05) is 31.2 Å². The summed E-state index contributed by atoms with van der Waals surface area (Å²) in [5.74, 6) is 2.17. The molecule has 2 aliphatic heterocycles. The number of amides is 1. The van der Waals surface area contributed by atoms with Crippen LogP contribution in [0.1, 0.15) is 24.5 Å². The fourth-order valence-electron chi connectivity index (χ4n) is 4.37. The Morgan fingerprint density at radius 1 is 1.00 bits per heavy atom. The van der Waals surface area contributed by atoms with E-state index in [1.54, 1.807) is 0 Å². The van der Waals surface area contributed by atoms with Crippen LogP contribution < -0.4 is 4.90 Å². The number of H-pyrrole nitrogens is 1. The molecule has 0 aromatic carbocycles. The van der Waals surface area contributed by atoms with Gasteiger partial charge in [0.1, 0.15) is 17.0 Å². The van der Waals surface area contributed by atoms with Crippen molar-refractivity contribution in [3.63, 3.8) is 0 Å². The van der Waals surface area contributed by atoms with Crippen LogP contribution in [0.3, 0.4) is 0 Å². The molecule has 6 rings (SSSR count). The van der Waals surface area contributed by atoms with E-state index in [4.69, 9.17) is 24.4 Å². The van der Waals surface area contributed by atoms with Crippen molar-refractivity contribution >= 4 is 22.9 Å². The lowest BCUT2D eigenvalue weighted by molar-refractivity contribution is -0.148. The Morgan fingerprint density at radius 3 is 2.72 bits per heavy atom. The molecule has 0 spiro atoms. The van der Waals surface area contributed by atoms with Crippen molar-refractivity contribution in [2.45, 2.75) is 24.9 Å². The first kappa shape index (κ1) is 19.6. The third-order valence-corrected chi connectivity index (χ3v) is 6.33. The molecule has 1 amide bonds. The minimum Gasteiger partial charge on any atom is -0.378 e. The van der Waals surface area contributed by atoms with Crippen molar-refractivity contribution in [2.24, 2.45) is 0 Å². The number of carbonyl (C=O) groups excluding carboxylic acids is 1. The highest BCUT2D eigenvalue weighted by atomic mass is 16.5. The Hall–Kier alpha value is -3.04. The van der Waals surface area contributed by atoms with Crippen LogP contribution in [0.2, 0.25) is 0 Å². The van der Waals surface area contributed by atoms with Crippen LogP contribution in [0.5, 0.6) is 0 Å². The van der Waals surface area contributed by atoms with Gasteiger partial charge < -0.3 is 24.3 Å². The van der Waals surface area contributed by atoms with Crippen LogP contribution in [-0.2, 0) is 14.3 Å². The van der Waals surface area contributed by atoms with Crippen molar-refractivity contribution in [3.8, 4) is 11.5 Å². The molecule has 9 heteroatoms. The third kappa shape index (κ3) is 3.82. The summed E-state index contributed by atoms with van der Waals surface area (Å²) in [5, 5.41) is 0. The zero-order valence-corrected chi connectivity index (χ0v) is 17.9. The van der Waals surface area contributed by atoms with Gasteiger partial charge in [-0.15, -0.1) is 0 Å². The number of imidazole rings is 1. The van der Waals surface area contributed by atoms with Crippen LogP contribution in [0.15, 0.2) is 30.3 Å². The van der Waals surface area contributed by atoms with Crippen molar-refractivity contribution in [3.05, 3.63) is 36.0 Å². The normalized spacial score (nSPS) is 21.8. The van der Waals surface area contributed by atoms with E-state index in [2.05, 4.69) is 16.0 Å². The number of carbonyl (C=O) groups is 1. The van der Waals surface area contributed by atoms with E-state index in [9.17, 15) is 4.79 Å². The average molecular weight is 435 g/mol. The minimum atomic E-state index is -0.481. The average Bonchev–Trinajstić information content (AvgIpc) is 3.62. The summed E-state index contributed by atoms with van der Waals surface area (Å²) in [6.07, 6.45) is 1.96. The zero-order valence-electron chi connectivity index (χ0n) is 17.9. The van der Waals surface area contributed by atoms with Crippen LogP contribution in [0, 0.1) is 0 Å². The quantitative estimate of drug-likeness (QED) is 0.671. The van der Waals surface area contributed by atoms with E-state index in [1.165, 1.54) is 12.8 Å². The molecule has 1 saturated carbocycles. The highest BCUT2D eigenvalue weighted by Gasteiger charge is 2.32. The summed E-state index contributed by atoms with van der Waals surface area (Å²) >= 11 is 0. The summed E-state index contributed by atoms with van der Waals surface area (Å²) in [4.78, 5) is 34.4. The molecule has 3 aliphatic rings. The van der Waals surface area contributed by atoms with Gasteiger partial charge in [0.2, 0.25) is 0 Å². The van der Waals surface area contributed by atoms with Crippen LogP contribution in [-0.4, -0.2) is 82.8 Å². The first-order valence-electron chi connectivity index (χ1n) is 11.3. The molecular weight excluding hydrogens is 408 g/mol. The highest BCUT2D eigenvalue weighted by Crippen LogP contribution is 2.39. The second kappa shape index (κ2) is 8.14. The maximum absolute atomic E-state index is 12.9. The number of hydrogen-bond donors (Lipinski definition) is 1. The largest absolute Gasteiger partial charge is 0.378 e. The Balaban J connectivity index is 1.21. The lowest BCUT2D eigenvalue weighted by Gasteiger charge is -2.36. The monoisotopic (exact) mass is 434 g/mol. The number of anilines is 1. The Bertz CT molecular complexity index is 1140. The molecule has 1 aliphatic carbocycles. The van der Waals surface area contributed by atoms with Gasteiger partial charge in [-0.25, -0.2) is 15.0 Å². The van der Waals surface area contributed by atoms with E-state index < -0.39 is 6.10 Å². The topological polar surface area (TPSA) is 96.5 Å². The number of morpholine rings is 2. The minimum absolute atomic E-state index is 0.0320. The number of hydrogen-bond acceptors (Lipinski definition) is 7. The van der Waals surface area contributed by atoms with Gasteiger partial charge in [-0.05, 0) is 37.1 Å². The number of nitrogens with one attached hydrogen (secondary N) is 1. The highest BCUT2D eigenvalue weighted by molar-refractivity contribution is 5.82. The molecule has 0 bridgehead atoms. The first-order chi connectivity index (χ1) is 15.7. The molecule has 3 aromatic rings. The second-order valence-corrected chi connectivity index (χ2v) is 8.59. The molecule has 3 aromatic heterocycles. The number of rotatable bonds is 4. The number of aromatic nitrogens is 4. The molecule has 32 heavy (non-hydrogen) atoms. The molecule has 1 atom stereocenters. The van der Waals surface area contributed by atoms with Gasteiger partial charge in [0.15, 0.2) is 17.6 Å². The number of fused-ring (bicyclic) bond motifs is 1. The van der Waals surface area contributed by atoms with Crippen molar-refractivity contribution in [1.29, 1.82) is 0 Å². The Labute approximate surface area is 185 Å². The molecule has 0 radical (unpaired) electrons. The molecule has 1 unspecified atom stereocenters. The fraction of sp³-hybridized carbons (Fsp3) is 0.478. The van der Waals surface area contributed by atoms with E-state index in [0.717, 1.165) is 34.2 Å². The molecule has 166 valence electrons. The van der Waals surface area contributed by atoms with Gasteiger partial charge in [-0.1, -0.05) is 6.07 Å². The van der Waals surface area contributed by atoms with Gasteiger partial charge in [0.25, 0.3) is 5.91 Å². The third-order valence-electron chi connectivity index (χ3n) is 6.33. The van der Waals surface area contributed by atoms with Crippen molar-refractivity contribution in [1.82, 2.24) is 24.8 Å². The van der Waals surface area contributed by atoms with E-state index >= 15 is 0 Å².